The molecular weight excluding hydrogens is 595 g/mol. The van der Waals surface area contributed by atoms with E-state index in [1.165, 1.54) is 15.6 Å². The number of thiazole rings is 1. The van der Waals surface area contributed by atoms with Crippen molar-refractivity contribution in [2.75, 3.05) is 19.7 Å². The van der Waals surface area contributed by atoms with E-state index in [2.05, 4.69) is 11.1 Å². The predicted molar refractivity (Wildman–Crippen MR) is 170 cm³/mol. The first-order chi connectivity index (χ1) is 21.4. The number of hydrogen-bond acceptors (Lipinski definition) is 8. The molecule has 0 aliphatic carbocycles. The van der Waals surface area contributed by atoms with Crippen LogP contribution in [0.4, 0.5) is 0 Å². The number of para-hydroxylation sites is 2. The van der Waals surface area contributed by atoms with E-state index in [0.717, 1.165) is 15.9 Å². The van der Waals surface area contributed by atoms with Gasteiger partial charge in [0, 0.05) is 30.4 Å². The normalized spacial score (nSPS) is 14.9. The maximum absolute atomic E-state index is 13.7. The van der Waals surface area contributed by atoms with Crippen LogP contribution >= 0.6 is 11.3 Å². The van der Waals surface area contributed by atoms with Gasteiger partial charge in [0.1, 0.15) is 16.8 Å². The quantitative estimate of drug-likeness (QED) is 0.150. The topological polar surface area (TPSA) is 118 Å². The van der Waals surface area contributed by atoms with E-state index < -0.39 is 10.0 Å². The number of ether oxygens (including phenoxy) is 1. The molecule has 1 aliphatic heterocycles. The SMILES string of the molecule is CCOC(=O)C1CCN(S(=O)(=O)c2cccc(-c3nn(-c4ccccc4)cc3C=C(C#N)c3nc4ccccc4s3)c2)CC1. The average molecular weight is 624 g/mol. The third kappa shape index (κ3) is 5.92. The maximum atomic E-state index is 13.7. The summed E-state index contributed by atoms with van der Waals surface area (Å²) in [5.41, 5.74) is 3.79. The second-order valence-corrected chi connectivity index (χ2v) is 13.3. The van der Waals surface area contributed by atoms with Crippen molar-refractivity contribution in [3.8, 4) is 23.0 Å². The number of aromatic nitrogens is 3. The molecule has 6 rings (SSSR count). The van der Waals surface area contributed by atoms with Gasteiger partial charge >= 0.3 is 5.97 Å². The van der Waals surface area contributed by atoms with Gasteiger partial charge in [-0.25, -0.2) is 18.1 Å². The van der Waals surface area contributed by atoms with Gasteiger partial charge < -0.3 is 4.74 Å². The van der Waals surface area contributed by atoms with Crippen molar-refractivity contribution in [2.24, 2.45) is 5.92 Å². The number of carbonyl (C=O) groups is 1. The molecular formula is C33H29N5O4S2. The number of nitriles is 1. The Labute approximate surface area is 259 Å². The molecule has 0 atom stereocenters. The molecule has 0 bridgehead atoms. The molecule has 3 aromatic carbocycles. The Hall–Kier alpha value is -4.63. The fourth-order valence-electron chi connectivity index (χ4n) is 5.26. The number of carbonyl (C=O) groups excluding carboxylic acids is 1. The van der Waals surface area contributed by atoms with Gasteiger partial charge in [-0.05, 0) is 62.2 Å². The van der Waals surface area contributed by atoms with Gasteiger partial charge in [-0.15, -0.1) is 11.3 Å². The number of hydrogen-bond donors (Lipinski definition) is 0. The van der Waals surface area contributed by atoms with Gasteiger partial charge in [-0.1, -0.05) is 42.5 Å². The number of benzene rings is 3. The summed E-state index contributed by atoms with van der Waals surface area (Å²) in [7, 11) is -3.83. The summed E-state index contributed by atoms with van der Waals surface area (Å²) in [6, 6.07) is 26.3. The van der Waals surface area contributed by atoms with E-state index in [1.54, 1.807) is 35.9 Å². The van der Waals surface area contributed by atoms with Crippen molar-refractivity contribution in [1.29, 1.82) is 5.26 Å². The smallest absolute Gasteiger partial charge is 0.309 e. The summed E-state index contributed by atoms with van der Waals surface area (Å²) in [4.78, 5) is 17.0. The summed E-state index contributed by atoms with van der Waals surface area (Å²) in [6.07, 6.45) is 4.41. The highest BCUT2D eigenvalue weighted by Crippen LogP contribution is 2.33. The van der Waals surface area contributed by atoms with E-state index in [9.17, 15) is 18.5 Å². The molecule has 5 aromatic rings. The number of nitrogens with zero attached hydrogens (tertiary/aromatic N) is 5. The fourth-order valence-corrected chi connectivity index (χ4v) is 7.71. The zero-order chi connectivity index (χ0) is 30.7. The van der Waals surface area contributed by atoms with E-state index in [1.807, 2.05) is 66.9 Å². The van der Waals surface area contributed by atoms with E-state index in [-0.39, 0.29) is 29.9 Å². The van der Waals surface area contributed by atoms with Gasteiger partial charge in [-0.2, -0.15) is 14.7 Å². The Morgan fingerprint density at radius 1 is 1.07 bits per heavy atom. The van der Waals surface area contributed by atoms with Gasteiger partial charge in [0.05, 0.1) is 38.9 Å². The molecule has 0 spiro atoms. The number of rotatable bonds is 8. The molecule has 44 heavy (non-hydrogen) atoms. The minimum Gasteiger partial charge on any atom is -0.466 e. The zero-order valence-electron chi connectivity index (χ0n) is 24.0. The Bertz CT molecular complexity index is 1970. The molecule has 2 aromatic heterocycles. The molecule has 0 N–H and O–H groups in total. The van der Waals surface area contributed by atoms with Crippen LogP contribution in [0, 0.1) is 17.2 Å². The lowest BCUT2D eigenvalue weighted by molar-refractivity contribution is -0.149. The van der Waals surface area contributed by atoms with Crippen molar-refractivity contribution >= 4 is 49.2 Å². The molecule has 222 valence electrons. The third-order valence-electron chi connectivity index (χ3n) is 7.53. The molecule has 0 unspecified atom stereocenters. The molecule has 1 saturated heterocycles. The van der Waals surface area contributed by atoms with Crippen molar-refractivity contribution in [3.63, 3.8) is 0 Å². The molecule has 0 amide bonds. The number of allylic oxidation sites excluding steroid dienone is 1. The first kappa shape index (κ1) is 29.4. The molecule has 3 heterocycles. The Morgan fingerprint density at radius 2 is 1.82 bits per heavy atom. The van der Waals surface area contributed by atoms with E-state index in [4.69, 9.17) is 9.84 Å². The summed E-state index contributed by atoms with van der Waals surface area (Å²) in [6.45, 7) is 2.54. The number of sulfonamides is 1. The minimum atomic E-state index is -3.83. The largest absolute Gasteiger partial charge is 0.466 e. The Morgan fingerprint density at radius 3 is 2.55 bits per heavy atom. The molecule has 0 radical (unpaired) electrons. The lowest BCUT2D eigenvalue weighted by Gasteiger charge is -2.30. The van der Waals surface area contributed by atoms with Gasteiger partial charge in [-0.3, -0.25) is 4.79 Å². The van der Waals surface area contributed by atoms with E-state index in [0.29, 0.717) is 46.9 Å². The number of piperidine rings is 1. The first-order valence-electron chi connectivity index (χ1n) is 14.3. The first-order valence-corrected chi connectivity index (χ1v) is 16.5. The average Bonchev–Trinajstić information content (AvgIpc) is 3.69. The van der Waals surface area contributed by atoms with Crippen LogP contribution in [-0.4, -0.2) is 53.2 Å². The summed E-state index contributed by atoms with van der Waals surface area (Å²) >= 11 is 1.44. The van der Waals surface area contributed by atoms with Crippen molar-refractivity contribution in [1.82, 2.24) is 19.1 Å². The van der Waals surface area contributed by atoms with Crippen LogP contribution in [0.5, 0.6) is 0 Å². The van der Waals surface area contributed by atoms with Crippen LogP contribution in [0.15, 0.2) is 90.0 Å². The highest BCUT2D eigenvalue weighted by atomic mass is 32.2. The van der Waals surface area contributed by atoms with E-state index >= 15 is 0 Å². The van der Waals surface area contributed by atoms with Crippen LogP contribution in [0.25, 0.3) is 38.8 Å². The Balaban J connectivity index is 1.37. The van der Waals surface area contributed by atoms with Crippen molar-refractivity contribution in [3.05, 3.63) is 95.6 Å². The fraction of sp³-hybridized carbons (Fsp3) is 0.212. The Kier molecular flexibility index (Phi) is 8.39. The maximum Gasteiger partial charge on any atom is 0.309 e. The summed E-state index contributed by atoms with van der Waals surface area (Å²) in [5, 5.41) is 15.6. The minimum absolute atomic E-state index is 0.139. The molecule has 1 fully saturated rings. The second kappa shape index (κ2) is 12.5. The highest BCUT2D eigenvalue weighted by Gasteiger charge is 2.33. The lowest BCUT2D eigenvalue weighted by Crippen LogP contribution is -2.40. The molecule has 9 nitrogen and oxygen atoms in total. The molecule has 11 heteroatoms. The lowest BCUT2D eigenvalue weighted by atomic mass is 9.98. The van der Waals surface area contributed by atoms with Crippen molar-refractivity contribution in [2.45, 2.75) is 24.7 Å². The van der Waals surface area contributed by atoms with Crippen LogP contribution < -0.4 is 0 Å². The van der Waals surface area contributed by atoms with Gasteiger partial charge in [0.25, 0.3) is 0 Å². The van der Waals surface area contributed by atoms with Crippen LogP contribution in [-0.2, 0) is 19.6 Å². The monoisotopic (exact) mass is 623 g/mol. The zero-order valence-corrected chi connectivity index (χ0v) is 25.6. The number of esters is 1. The van der Waals surface area contributed by atoms with Gasteiger partial charge in [0.15, 0.2) is 0 Å². The summed E-state index contributed by atoms with van der Waals surface area (Å²) < 4.78 is 36.7. The standard InChI is InChI=1S/C33H29N5O4S2/c1-2-42-33(39)23-15-17-37(18-16-23)44(40,41)28-12-8-9-24(20-28)31-26(22-38(36-31)27-10-4-3-5-11-27)19-25(21-34)32-35-29-13-6-7-14-30(29)43-32/h3-14,19-20,22-23H,2,15-18H2,1H3. The van der Waals surface area contributed by atoms with Crippen molar-refractivity contribution < 1.29 is 17.9 Å². The summed E-state index contributed by atoms with van der Waals surface area (Å²) in [5.74, 6) is -0.572. The molecule has 1 aliphatic rings. The predicted octanol–water partition coefficient (Wildman–Crippen LogP) is 6.18. The van der Waals surface area contributed by atoms with Crippen LogP contribution in [0.3, 0.4) is 0 Å². The van der Waals surface area contributed by atoms with Crippen LogP contribution in [0.1, 0.15) is 30.3 Å². The highest BCUT2D eigenvalue weighted by molar-refractivity contribution is 7.89. The second-order valence-electron chi connectivity index (χ2n) is 10.3. The third-order valence-corrected chi connectivity index (χ3v) is 10.5. The molecule has 0 saturated carbocycles. The number of fused-ring (bicyclic) bond motifs is 1. The van der Waals surface area contributed by atoms with Crippen LogP contribution in [0.2, 0.25) is 0 Å². The van der Waals surface area contributed by atoms with Gasteiger partial charge in [0.2, 0.25) is 10.0 Å².